The number of nitrogens with one attached hydrogen (secondary N) is 1. The van der Waals surface area contributed by atoms with Gasteiger partial charge in [-0.1, -0.05) is 13.8 Å². The molecule has 2 unspecified atom stereocenters. The van der Waals surface area contributed by atoms with Crippen molar-refractivity contribution in [3.8, 4) is 0 Å². The van der Waals surface area contributed by atoms with Gasteiger partial charge in [0.1, 0.15) is 0 Å². The molecule has 0 spiro atoms. The second-order valence-corrected chi connectivity index (χ2v) is 6.76. The Labute approximate surface area is 123 Å². The van der Waals surface area contributed by atoms with Crippen LogP contribution in [-0.2, 0) is 4.74 Å². The van der Waals surface area contributed by atoms with Gasteiger partial charge in [0.2, 0.25) is 0 Å². The molecule has 0 aromatic carbocycles. The molecule has 1 fully saturated rings. The highest BCUT2D eigenvalue weighted by atomic mass is 16.5. The van der Waals surface area contributed by atoms with E-state index in [0.29, 0.717) is 25.0 Å². The number of ether oxygens (including phenoxy) is 1. The lowest BCUT2D eigenvalue weighted by Gasteiger charge is -2.26. The van der Waals surface area contributed by atoms with E-state index in [4.69, 9.17) is 4.74 Å². The van der Waals surface area contributed by atoms with Gasteiger partial charge in [-0.05, 0) is 57.4 Å². The summed E-state index contributed by atoms with van der Waals surface area (Å²) in [5.74, 6) is 1.27. The average molecular weight is 287 g/mol. The molecule has 0 radical (unpaired) electrons. The second kappa shape index (κ2) is 9.72. The summed E-state index contributed by atoms with van der Waals surface area (Å²) < 4.78 is 5.65. The Kier molecular flexibility index (Phi) is 8.69. The van der Waals surface area contributed by atoms with Gasteiger partial charge in [0.25, 0.3) is 0 Å². The summed E-state index contributed by atoms with van der Waals surface area (Å²) in [6.45, 7) is 8.36. The zero-order valence-corrected chi connectivity index (χ0v) is 13.3. The van der Waals surface area contributed by atoms with E-state index in [2.05, 4.69) is 26.1 Å². The van der Waals surface area contributed by atoms with Crippen LogP contribution in [0.2, 0.25) is 0 Å². The minimum Gasteiger partial charge on any atom is -0.393 e. The van der Waals surface area contributed by atoms with Gasteiger partial charge in [0.15, 0.2) is 0 Å². The van der Waals surface area contributed by atoms with Crippen molar-refractivity contribution in [1.82, 2.24) is 5.32 Å². The minimum absolute atomic E-state index is 0.0901. The summed E-state index contributed by atoms with van der Waals surface area (Å²) in [6.07, 6.45) is 4.74. The third kappa shape index (κ3) is 8.20. The van der Waals surface area contributed by atoms with Gasteiger partial charge < -0.3 is 20.3 Å². The Balaban J connectivity index is 2.01. The van der Waals surface area contributed by atoms with Crippen molar-refractivity contribution in [3.05, 3.63) is 0 Å². The van der Waals surface area contributed by atoms with Crippen molar-refractivity contribution in [2.45, 2.75) is 71.2 Å². The second-order valence-electron chi connectivity index (χ2n) is 6.76. The van der Waals surface area contributed by atoms with Crippen molar-refractivity contribution in [2.75, 3.05) is 19.7 Å². The first-order valence-electron chi connectivity index (χ1n) is 8.15. The molecule has 4 heteroatoms. The Morgan fingerprint density at radius 3 is 2.40 bits per heavy atom. The fourth-order valence-electron chi connectivity index (χ4n) is 2.87. The van der Waals surface area contributed by atoms with Crippen molar-refractivity contribution in [2.24, 2.45) is 11.8 Å². The minimum atomic E-state index is -0.432. The molecular formula is C16H33NO3. The largest absolute Gasteiger partial charge is 0.393 e. The summed E-state index contributed by atoms with van der Waals surface area (Å²) in [5.41, 5.74) is 0. The maximum absolute atomic E-state index is 9.88. The highest BCUT2D eigenvalue weighted by Crippen LogP contribution is 2.23. The summed E-state index contributed by atoms with van der Waals surface area (Å²) >= 11 is 0. The van der Waals surface area contributed by atoms with Crippen molar-refractivity contribution >= 4 is 0 Å². The topological polar surface area (TPSA) is 61.7 Å². The summed E-state index contributed by atoms with van der Waals surface area (Å²) in [6, 6.07) is 0. The van der Waals surface area contributed by atoms with Gasteiger partial charge in [-0.3, -0.25) is 0 Å². The Hall–Kier alpha value is -0.160. The highest BCUT2D eigenvalue weighted by molar-refractivity contribution is 4.73. The molecule has 3 N–H and O–H groups in total. The van der Waals surface area contributed by atoms with Crippen molar-refractivity contribution < 1.29 is 14.9 Å². The number of rotatable bonds is 9. The van der Waals surface area contributed by atoms with Crippen LogP contribution >= 0.6 is 0 Å². The molecule has 2 atom stereocenters. The molecule has 0 aliphatic heterocycles. The lowest BCUT2D eigenvalue weighted by molar-refractivity contribution is -0.00893. The Morgan fingerprint density at radius 1 is 1.15 bits per heavy atom. The molecule has 1 rings (SSSR count). The monoisotopic (exact) mass is 287 g/mol. The quantitative estimate of drug-likeness (QED) is 0.606. The molecule has 20 heavy (non-hydrogen) atoms. The average Bonchev–Trinajstić information content (AvgIpc) is 2.38. The summed E-state index contributed by atoms with van der Waals surface area (Å²) in [5, 5.41) is 22.6. The molecule has 0 bridgehead atoms. The molecule has 1 aliphatic carbocycles. The Bertz CT molecular complexity index is 240. The predicted molar refractivity (Wildman–Crippen MR) is 81.7 cm³/mol. The smallest absolute Gasteiger partial charge is 0.0897 e. The molecule has 0 saturated heterocycles. The van der Waals surface area contributed by atoms with Crippen LogP contribution in [0.25, 0.3) is 0 Å². The van der Waals surface area contributed by atoms with Crippen LogP contribution < -0.4 is 5.32 Å². The van der Waals surface area contributed by atoms with E-state index in [1.54, 1.807) is 0 Å². The van der Waals surface area contributed by atoms with Crippen LogP contribution in [0.4, 0.5) is 0 Å². The number of aliphatic hydroxyl groups is 2. The first-order chi connectivity index (χ1) is 9.47. The van der Waals surface area contributed by atoms with E-state index >= 15 is 0 Å². The van der Waals surface area contributed by atoms with E-state index < -0.39 is 6.10 Å². The van der Waals surface area contributed by atoms with E-state index in [-0.39, 0.29) is 12.2 Å². The third-order valence-electron chi connectivity index (χ3n) is 4.01. The standard InChI is InChI=1S/C16H33NO3/c1-12(2)8-13(3)20-11-16(19)10-17-9-14-4-6-15(18)7-5-14/h12-19H,4-11H2,1-3H3. The number of aliphatic hydroxyl groups excluding tert-OH is 2. The van der Waals surface area contributed by atoms with Gasteiger partial charge in [-0.25, -0.2) is 0 Å². The fourth-order valence-corrected chi connectivity index (χ4v) is 2.87. The van der Waals surface area contributed by atoms with Gasteiger partial charge in [0, 0.05) is 6.54 Å². The molecule has 0 aromatic heterocycles. The van der Waals surface area contributed by atoms with Crippen LogP contribution in [0.1, 0.15) is 52.9 Å². The number of hydrogen-bond donors (Lipinski definition) is 3. The molecule has 120 valence electrons. The zero-order valence-electron chi connectivity index (χ0n) is 13.3. The molecule has 0 amide bonds. The lowest BCUT2D eigenvalue weighted by Crippen LogP contribution is -2.35. The van der Waals surface area contributed by atoms with Crippen LogP contribution in [0.5, 0.6) is 0 Å². The molecule has 1 aliphatic rings. The first kappa shape index (κ1) is 17.9. The zero-order chi connectivity index (χ0) is 15.0. The normalized spacial score (nSPS) is 26.7. The molecule has 0 heterocycles. The maximum atomic E-state index is 9.88. The number of hydrogen-bond acceptors (Lipinski definition) is 4. The van der Waals surface area contributed by atoms with E-state index in [1.807, 2.05) is 0 Å². The summed E-state index contributed by atoms with van der Waals surface area (Å²) in [4.78, 5) is 0. The molecule has 4 nitrogen and oxygen atoms in total. The van der Waals surface area contributed by atoms with Crippen LogP contribution in [0.3, 0.4) is 0 Å². The lowest BCUT2D eigenvalue weighted by atomic mass is 9.87. The predicted octanol–water partition coefficient (Wildman–Crippen LogP) is 1.94. The van der Waals surface area contributed by atoms with Crippen molar-refractivity contribution in [3.63, 3.8) is 0 Å². The van der Waals surface area contributed by atoms with E-state index in [9.17, 15) is 10.2 Å². The fraction of sp³-hybridized carbons (Fsp3) is 1.00. The maximum Gasteiger partial charge on any atom is 0.0897 e. The third-order valence-corrected chi connectivity index (χ3v) is 4.01. The van der Waals surface area contributed by atoms with Gasteiger partial charge in [-0.15, -0.1) is 0 Å². The first-order valence-corrected chi connectivity index (χ1v) is 8.15. The highest BCUT2D eigenvalue weighted by Gasteiger charge is 2.19. The molecular weight excluding hydrogens is 254 g/mol. The van der Waals surface area contributed by atoms with Crippen molar-refractivity contribution in [1.29, 1.82) is 0 Å². The van der Waals surface area contributed by atoms with Crippen LogP contribution in [-0.4, -0.2) is 48.2 Å². The Morgan fingerprint density at radius 2 is 1.80 bits per heavy atom. The summed E-state index contributed by atoms with van der Waals surface area (Å²) in [7, 11) is 0. The van der Waals surface area contributed by atoms with Gasteiger partial charge >= 0.3 is 0 Å². The van der Waals surface area contributed by atoms with E-state index in [1.165, 1.54) is 0 Å². The van der Waals surface area contributed by atoms with Crippen LogP contribution in [0.15, 0.2) is 0 Å². The van der Waals surface area contributed by atoms with Gasteiger partial charge in [-0.2, -0.15) is 0 Å². The van der Waals surface area contributed by atoms with E-state index in [0.717, 1.165) is 38.6 Å². The van der Waals surface area contributed by atoms with Gasteiger partial charge in [0.05, 0.1) is 24.9 Å². The molecule has 1 saturated carbocycles. The molecule has 0 aromatic rings. The van der Waals surface area contributed by atoms with Crippen LogP contribution in [0, 0.1) is 11.8 Å². The SMILES string of the molecule is CC(C)CC(C)OCC(O)CNCC1CCC(O)CC1.